The van der Waals surface area contributed by atoms with Crippen molar-refractivity contribution in [3.05, 3.63) is 53.9 Å². The van der Waals surface area contributed by atoms with Crippen LogP contribution >= 0.6 is 0 Å². The van der Waals surface area contributed by atoms with E-state index in [0.717, 1.165) is 6.26 Å². The normalized spacial score (nSPS) is 11.8. The monoisotopic (exact) mass is 347 g/mol. The summed E-state index contributed by atoms with van der Waals surface area (Å²) in [7, 11) is -1.97. The summed E-state index contributed by atoms with van der Waals surface area (Å²) in [5.41, 5.74) is 11.6. The maximum atomic E-state index is 12.0. The Morgan fingerprint density at radius 2 is 1.79 bits per heavy atom. The molecule has 2 rings (SSSR count). The molecular formula is C15H17N5O3S. The summed E-state index contributed by atoms with van der Waals surface area (Å²) in [4.78, 5) is 4.18. The minimum absolute atomic E-state index is 0.0327. The van der Waals surface area contributed by atoms with Gasteiger partial charge in [0.05, 0.1) is 12.0 Å². The summed E-state index contributed by atoms with van der Waals surface area (Å²) >= 11 is 0. The Morgan fingerprint density at radius 1 is 1.12 bits per heavy atom. The van der Waals surface area contributed by atoms with Gasteiger partial charge in [-0.2, -0.15) is 0 Å². The molecule has 0 aliphatic heterocycles. The maximum absolute atomic E-state index is 12.0. The van der Waals surface area contributed by atoms with E-state index in [1.54, 1.807) is 31.4 Å². The average molecular weight is 347 g/mol. The number of ether oxygens (including phenoxy) is 1. The molecule has 9 heteroatoms. The topological polar surface area (TPSA) is 133 Å². The Labute approximate surface area is 139 Å². The number of hydrogen-bond acceptors (Lipinski definition) is 6. The average Bonchev–Trinajstić information content (AvgIpc) is 2.55. The number of pyridine rings is 1. The molecule has 4 N–H and O–H groups in total. The van der Waals surface area contributed by atoms with Crippen LogP contribution < -0.4 is 16.2 Å². The number of guanidine groups is 1. The van der Waals surface area contributed by atoms with Crippen LogP contribution in [0.4, 0.5) is 0 Å². The highest BCUT2D eigenvalue weighted by Gasteiger charge is 2.20. The number of benzene rings is 1. The van der Waals surface area contributed by atoms with Crippen molar-refractivity contribution in [2.45, 2.75) is 4.90 Å². The summed E-state index contributed by atoms with van der Waals surface area (Å²) in [6.45, 7) is 0. The number of hydrogen-bond donors (Lipinski definition) is 2. The summed E-state index contributed by atoms with van der Waals surface area (Å²) in [6.07, 6.45) is 2.57. The van der Waals surface area contributed by atoms with Crippen LogP contribution in [0.25, 0.3) is 0 Å². The second kappa shape index (κ2) is 7.09. The molecule has 0 amide bonds. The number of sulfone groups is 1. The molecule has 0 radical (unpaired) electrons. The SMILES string of the molecule is COc1ccc(/C(=N/N=C(N)N)c2ncccc2S(C)(=O)=O)cc1. The molecule has 1 aromatic carbocycles. The van der Waals surface area contributed by atoms with Gasteiger partial charge in [-0.25, -0.2) is 8.42 Å². The zero-order valence-electron chi connectivity index (χ0n) is 13.2. The highest BCUT2D eigenvalue weighted by Crippen LogP contribution is 2.20. The second-order valence-electron chi connectivity index (χ2n) is 4.82. The minimum Gasteiger partial charge on any atom is -0.497 e. The van der Waals surface area contributed by atoms with E-state index in [2.05, 4.69) is 15.2 Å². The Bertz CT molecular complexity index is 886. The van der Waals surface area contributed by atoms with Crippen LogP contribution in [0.3, 0.4) is 0 Å². The van der Waals surface area contributed by atoms with E-state index in [1.807, 2.05) is 0 Å². The van der Waals surface area contributed by atoms with Crippen molar-refractivity contribution in [3.63, 3.8) is 0 Å². The van der Waals surface area contributed by atoms with Crippen molar-refractivity contribution in [1.82, 2.24) is 4.98 Å². The highest BCUT2D eigenvalue weighted by molar-refractivity contribution is 7.90. The summed E-state index contributed by atoms with van der Waals surface area (Å²) in [5.74, 6) is 0.391. The predicted molar refractivity (Wildman–Crippen MR) is 91.8 cm³/mol. The number of rotatable bonds is 5. The van der Waals surface area contributed by atoms with Crippen LogP contribution in [-0.4, -0.2) is 38.4 Å². The van der Waals surface area contributed by atoms with Gasteiger partial charge in [0.2, 0.25) is 5.96 Å². The number of aromatic nitrogens is 1. The maximum Gasteiger partial charge on any atom is 0.211 e. The van der Waals surface area contributed by atoms with Gasteiger partial charge in [0.1, 0.15) is 17.2 Å². The van der Waals surface area contributed by atoms with Gasteiger partial charge in [-0.05, 0) is 36.4 Å². The van der Waals surface area contributed by atoms with Crippen molar-refractivity contribution >= 4 is 21.5 Å². The van der Waals surface area contributed by atoms with Crippen LogP contribution in [0.1, 0.15) is 11.3 Å². The molecule has 0 bridgehead atoms. The lowest BCUT2D eigenvalue weighted by Crippen LogP contribution is -2.22. The Morgan fingerprint density at radius 3 is 2.33 bits per heavy atom. The van der Waals surface area contributed by atoms with E-state index in [1.165, 1.54) is 18.3 Å². The molecule has 0 saturated heterocycles. The molecule has 0 aliphatic rings. The quantitative estimate of drug-likeness (QED) is 0.460. The van der Waals surface area contributed by atoms with Crippen molar-refractivity contribution in [1.29, 1.82) is 0 Å². The summed E-state index contributed by atoms with van der Waals surface area (Å²) < 4.78 is 29.2. The lowest BCUT2D eigenvalue weighted by molar-refractivity contribution is 0.415. The van der Waals surface area contributed by atoms with Crippen molar-refractivity contribution in [2.75, 3.05) is 13.4 Å². The molecule has 0 unspecified atom stereocenters. The Kier molecular flexibility index (Phi) is 5.14. The van der Waals surface area contributed by atoms with Crippen LogP contribution in [0.5, 0.6) is 5.75 Å². The van der Waals surface area contributed by atoms with Crippen LogP contribution in [0.2, 0.25) is 0 Å². The molecule has 2 aromatic rings. The van der Waals surface area contributed by atoms with Gasteiger partial charge in [-0.15, -0.1) is 10.2 Å². The molecule has 0 aliphatic carbocycles. The van der Waals surface area contributed by atoms with Crippen molar-refractivity contribution < 1.29 is 13.2 Å². The molecule has 0 spiro atoms. The molecule has 1 aromatic heterocycles. The Hall–Kier alpha value is -2.94. The van der Waals surface area contributed by atoms with E-state index in [9.17, 15) is 8.42 Å². The molecule has 8 nitrogen and oxygen atoms in total. The second-order valence-corrected chi connectivity index (χ2v) is 6.81. The summed E-state index contributed by atoms with van der Waals surface area (Å²) in [6, 6.07) is 9.83. The highest BCUT2D eigenvalue weighted by atomic mass is 32.2. The van der Waals surface area contributed by atoms with E-state index in [0.29, 0.717) is 11.3 Å². The molecule has 0 saturated carbocycles. The van der Waals surface area contributed by atoms with E-state index in [4.69, 9.17) is 16.2 Å². The lowest BCUT2D eigenvalue weighted by Gasteiger charge is -2.10. The van der Waals surface area contributed by atoms with Crippen LogP contribution in [0.15, 0.2) is 57.7 Å². The zero-order valence-corrected chi connectivity index (χ0v) is 14.0. The molecule has 24 heavy (non-hydrogen) atoms. The first-order valence-corrected chi connectivity index (χ1v) is 8.68. The molecule has 126 valence electrons. The van der Waals surface area contributed by atoms with E-state index < -0.39 is 9.84 Å². The molecule has 1 heterocycles. The van der Waals surface area contributed by atoms with Gasteiger partial charge < -0.3 is 16.2 Å². The van der Waals surface area contributed by atoms with Gasteiger partial charge in [0, 0.05) is 18.0 Å². The van der Waals surface area contributed by atoms with Crippen LogP contribution in [-0.2, 0) is 9.84 Å². The fourth-order valence-electron chi connectivity index (χ4n) is 1.97. The first-order valence-electron chi connectivity index (χ1n) is 6.79. The summed E-state index contributed by atoms with van der Waals surface area (Å²) in [5, 5.41) is 7.62. The lowest BCUT2D eigenvalue weighted by atomic mass is 10.1. The van der Waals surface area contributed by atoms with Crippen LogP contribution in [0, 0.1) is 0 Å². The van der Waals surface area contributed by atoms with E-state index >= 15 is 0 Å². The van der Waals surface area contributed by atoms with Gasteiger partial charge in [-0.3, -0.25) is 4.98 Å². The standard InChI is InChI=1S/C15H17N5O3S/c1-23-11-7-5-10(6-8-11)13(19-20-15(16)17)14-12(24(2,21)22)4-3-9-18-14/h3-9H,1-2H3,(H4,16,17,20)/b19-13-. The molecule has 0 atom stereocenters. The van der Waals surface area contributed by atoms with Gasteiger partial charge in [0.25, 0.3) is 0 Å². The molecular weight excluding hydrogens is 330 g/mol. The van der Waals surface area contributed by atoms with Crippen molar-refractivity contribution in [2.24, 2.45) is 21.7 Å². The number of nitrogens with zero attached hydrogens (tertiary/aromatic N) is 3. The predicted octanol–water partition coefficient (Wildman–Crippen LogP) is 0.519. The zero-order chi connectivity index (χ0) is 17.7. The first-order chi connectivity index (χ1) is 11.3. The third-order valence-electron chi connectivity index (χ3n) is 3.02. The third-order valence-corrected chi connectivity index (χ3v) is 4.15. The fraction of sp³-hybridized carbons (Fsp3) is 0.133. The Balaban J connectivity index is 2.69. The van der Waals surface area contributed by atoms with Gasteiger partial charge in [0.15, 0.2) is 9.84 Å². The first kappa shape index (κ1) is 17.4. The molecule has 0 fully saturated rings. The largest absolute Gasteiger partial charge is 0.497 e. The van der Waals surface area contributed by atoms with Gasteiger partial charge in [-0.1, -0.05) is 0 Å². The van der Waals surface area contributed by atoms with Crippen molar-refractivity contribution in [3.8, 4) is 5.75 Å². The van der Waals surface area contributed by atoms with E-state index in [-0.39, 0.29) is 22.3 Å². The number of nitrogens with two attached hydrogens (primary N) is 2. The fourth-order valence-corrected chi connectivity index (χ4v) is 2.79. The number of methoxy groups -OCH3 is 1. The van der Waals surface area contributed by atoms with Gasteiger partial charge >= 0.3 is 0 Å². The third kappa shape index (κ3) is 4.07. The minimum atomic E-state index is -3.52. The smallest absolute Gasteiger partial charge is 0.211 e.